The zero-order valence-corrected chi connectivity index (χ0v) is 24.0. The number of hydrogen-bond donors (Lipinski definition) is 3. The summed E-state index contributed by atoms with van der Waals surface area (Å²) in [6, 6.07) is 34.2. The van der Waals surface area contributed by atoms with Crippen LogP contribution in [0.25, 0.3) is 0 Å². The Bertz CT molecular complexity index is 1430. The van der Waals surface area contributed by atoms with Gasteiger partial charge in [0.1, 0.15) is 18.4 Å². The molecule has 3 amide bonds. The number of phenolic OH excluding ortho intramolecular Hbond substituents is 1. The van der Waals surface area contributed by atoms with Crippen LogP contribution >= 0.6 is 0 Å². The summed E-state index contributed by atoms with van der Waals surface area (Å²) in [4.78, 5) is 41.0. The van der Waals surface area contributed by atoms with Crippen molar-refractivity contribution in [2.24, 2.45) is 5.73 Å². The van der Waals surface area contributed by atoms with Crippen molar-refractivity contribution < 1.29 is 24.2 Å². The summed E-state index contributed by atoms with van der Waals surface area (Å²) in [5.41, 5.74) is 9.02. The Morgan fingerprint density at radius 2 is 1.35 bits per heavy atom. The Balaban J connectivity index is 1.51. The Morgan fingerprint density at radius 1 is 0.791 bits per heavy atom. The predicted octanol–water partition coefficient (Wildman–Crippen LogP) is 5.16. The van der Waals surface area contributed by atoms with Crippen molar-refractivity contribution in [1.29, 1.82) is 0 Å². The molecule has 0 aromatic heterocycles. The predicted molar refractivity (Wildman–Crippen MR) is 165 cm³/mol. The van der Waals surface area contributed by atoms with Crippen molar-refractivity contribution in [2.45, 2.75) is 37.8 Å². The maximum absolute atomic E-state index is 14.4. The number of ether oxygens (including phenoxy) is 1. The molecule has 4 aromatic carbocycles. The standard InChI is InChI=1S/C35H37N3O5/c36-33(40)30(20-12-23-37-35(42)43-25-26-13-4-1-5-14-26)38(24-22-27-15-10-11-21-31(27)39)34(41)32(28-16-6-2-7-17-28)29-18-8-3-9-19-29/h1-11,13-19,21,30,32,39H,12,20,22-25H2,(H2,36,40)(H,37,42)/t30-/m1/s1. The van der Waals surface area contributed by atoms with Crippen LogP contribution < -0.4 is 11.1 Å². The number of aromatic hydroxyl groups is 1. The van der Waals surface area contributed by atoms with E-state index in [2.05, 4.69) is 5.32 Å². The van der Waals surface area contributed by atoms with E-state index in [0.717, 1.165) is 16.7 Å². The van der Waals surface area contributed by atoms with Gasteiger partial charge in [0.25, 0.3) is 0 Å². The third kappa shape index (κ3) is 8.94. The first-order valence-electron chi connectivity index (χ1n) is 14.3. The normalized spacial score (nSPS) is 11.5. The van der Waals surface area contributed by atoms with Crippen molar-refractivity contribution in [3.63, 3.8) is 0 Å². The highest BCUT2D eigenvalue weighted by Crippen LogP contribution is 2.29. The number of benzene rings is 4. The third-order valence-electron chi connectivity index (χ3n) is 7.25. The highest BCUT2D eigenvalue weighted by molar-refractivity contribution is 5.92. The molecular formula is C35H37N3O5. The molecule has 0 heterocycles. The molecule has 0 radical (unpaired) electrons. The average molecular weight is 580 g/mol. The Hall–Kier alpha value is -5.11. The highest BCUT2D eigenvalue weighted by atomic mass is 16.5. The molecule has 8 heteroatoms. The van der Waals surface area contributed by atoms with Gasteiger partial charge in [-0.15, -0.1) is 0 Å². The molecule has 0 unspecified atom stereocenters. The fourth-order valence-electron chi connectivity index (χ4n) is 5.03. The van der Waals surface area contributed by atoms with E-state index < -0.39 is 24.0 Å². The van der Waals surface area contributed by atoms with Gasteiger partial charge in [-0.2, -0.15) is 0 Å². The van der Waals surface area contributed by atoms with E-state index >= 15 is 0 Å². The minimum Gasteiger partial charge on any atom is -0.508 e. The largest absolute Gasteiger partial charge is 0.508 e. The van der Waals surface area contributed by atoms with E-state index in [9.17, 15) is 19.5 Å². The molecule has 1 atom stereocenters. The van der Waals surface area contributed by atoms with Crippen molar-refractivity contribution in [1.82, 2.24) is 10.2 Å². The zero-order chi connectivity index (χ0) is 30.4. The monoisotopic (exact) mass is 579 g/mol. The molecule has 4 N–H and O–H groups in total. The number of hydrogen-bond acceptors (Lipinski definition) is 5. The number of para-hydroxylation sites is 1. The quantitative estimate of drug-likeness (QED) is 0.178. The Labute approximate surface area is 252 Å². The van der Waals surface area contributed by atoms with Crippen LogP contribution in [-0.2, 0) is 27.4 Å². The smallest absolute Gasteiger partial charge is 0.407 e. The summed E-state index contributed by atoms with van der Waals surface area (Å²) in [7, 11) is 0. The maximum atomic E-state index is 14.4. The van der Waals surface area contributed by atoms with Crippen LogP contribution in [0.3, 0.4) is 0 Å². The van der Waals surface area contributed by atoms with Crippen LogP contribution in [0.15, 0.2) is 115 Å². The summed E-state index contributed by atoms with van der Waals surface area (Å²) >= 11 is 0. The van der Waals surface area contributed by atoms with Crippen LogP contribution in [0, 0.1) is 0 Å². The number of amides is 3. The molecule has 4 aromatic rings. The molecule has 0 aliphatic carbocycles. The SMILES string of the molecule is NC(=O)[C@@H](CCCNC(=O)OCc1ccccc1)N(CCc1ccccc1O)C(=O)C(c1ccccc1)c1ccccc1. The van der Waals surface area contributed by atoms with Gasteiger partial charge in [0, 0.05) is 13.1 Å². The maximum Gasteiger partial charge on any atom is 0.407 e. The zero-order valence-electron chi connectivity index (χ0n) is 24.0. The minimum atomic E-state index is -0.935. The minimum absolute atomic E-state index is 0.117. The lowest BCUT2D eigenvalue weighted by Crippen LogP contribution is -2.50. The number of nitrogens with two attached hydrogens (primary N) is 1. The highest BCUT2D eigenvalue weighted by Gasteiger charge is 2.34. The summed E-state index contributed by atoms with van der Waals surface area (Å²) in [6.45, 7) is 0.540. The number of phenols is 1. The topological polar surface area (TPSA) is 122 Å². The van der Waals surface area contributed by atoms with Gasteiger partial charge >= 0.3 is 6.09 Å². The van der Waals surface area contributed by atoms with E-state index in [1.807, 2.05) is 97.1 Å². The van der Waals surface area contributed by atoms with Crippen molar-refractivity contribution in [3.8, 4) is 5.75 Å². The second kappa shape index (κ2) is 15.8. The lowest BCUT2D eigenvalue weighted by Gasteiger charge is -2.33. The summed E-state index contributed by atoms with van der Waals surface area (Å²) in [5.74, 6) is -1.46. The Morgan fingerprint density at radius 3 is 1.93 bits per heavy atom. The van der Waals surface area contributed by atoms with Crippen LogP contribution in [0.5, 0.6) is 5.75 Å². The number of primary amides is 1. The number of nitrogens with zero attached hydrogens (tertiary/aromatic N) is 1. The number of carbonyl (C=O) groups is 3. The molecule has 4 rings (SSSR count). The molecule has 0 aliphatic heterocycles. The van der Waals surface area contributed by atoms with Crippen LogP contribution in [0.1, 0.15) is 41.0 Å². The molecule has 0 aliphatic rings. The van der Waals surface area contributed by atoms with Gasteiger partial charge in [-0.3, -0.25) is 9.59 Å². The fourth-order valence-corrected chi connectivity index (χ4v) is 5.03. The van der Waals surface area contributed by atoms with E-state index in [1.165, 1.54) is 4.90 Å². The number of nitrogens with one attached hydrogen (secondary N) is 1. The molecular weight excluding hydrogens is 542 g/mol. The first-order valence-corrected chi connectivity index (χ1v) is 14.3. The van der Waals surface area contributed by atoms with E-state index in [0.29, 0.717) is 18.4 Å². The first-order chi connectivity index (χ1) is 20.9. The summed E-state index contributed by atoms with van der Waals surface area (Å²) in [6.07, 6.45) is 0.371. The number of alkyl carbamates (subject to hydrolysis) is 1. The van der Waals surface area contributed by atoms with Crippen LogP contribution in [0.4, 0.5) is 4.79 Å². The summed E-state index contributed by atoms with van der Waals surface area (Å²) in [5, 5.41) is 13.1. The Kier molecular flexibility index (Phi) is 11.3. The van der Waals surface area contributed by atoms with Crippen LogP contribution in [-0.4, -0.2) is 47.0 Å². The molecule has 0 fully saturated rings. The second-order valence-electron chi connectivity index (χ2n) is 10.2. The molecule has 0 bridgehead atoms. The fraction of sp³-hybridized carbons (Fsp3) is 0.229. The van der Waals surface area contributed by atoms with Gasteiger partial charge in [0.05, 0.1) is 5.92 Å². The molecule has 0 spiro atoms. The van der Waals surface area contributed by atoms with Gasteiger partial charge in [-0.25, -0.2) is 4.79 Å². The van der Waals surface area contributed by atoms with E-state index in [1.54, 1.807) is 18.2 Å². The van der Waals surface area contributed by atoms with Gasteiger partial charge in [-0.1, -0.05) is 109 Å². The number of rotatable bonds is 14. The van der Waals surface area contributed by atoms with Crippen molar-refractivity contribution in [2.75, 3.05) is 13.1 Å². The third-order valence-corrected chi connectivity index (χ3v) is 7.25. The number of carbonyl (C=O) groups excluding carboxylic acids is 3. The van der Waals surface area contributed by atoms with E-state index in [4.69, 9.17) is 10.5 Å². The van der Waals surface area contributed by atoms with Gasteiger partial charge < -0.3 is 25.8 Å². The van der Waals surface area contributed by atoms with Gasteiger partial charge in [0.2, 0.25) is 11.8 Å². The van der Waals surface area contributed by atoms with Crippen molar-refractivity contribution in [3.05, 3.63) is 138 Å². The van der Waals surface area contributed by atoms with Crippen LogP contribution in [0.2, 0.25) is 0 Å². The van der Waals surface area contributed by atoms with E-state index in [-0.39, 0.29) is 37.8 Å². The molecule has 0 saturated carbocycles. The molecule has 222 valence electrons. The molecule has 8 nitrogen and oxygen atoms in total. The van der Waals surface area contributed by atoms with Gasteiger partial charge in [0.15, 0.2) is 0 Å². The molecule has 0 saturated heterocycles. The lowest BCUT2D eigenvalue weighted by molar-refractivity contribution is -0.140. The summed E-state index contributed by atoms with van der Waals surface area (Å²) < 4.78 is 5.27. The average Bonchev–Trinajstić information content (AvgIpc) is 3.03. The first kappa shape index (κ1) is 30.8. The second-order valence-corrected chi connectivity index (χ2v) is 10.2. The van der Waals surface area contributed by atoms with Crippen molar-refractivity contribution >= 4 is 17.9 Å². The van der Waals surface area contributed by atoms with Gasteiger partial charge in [-0.05, 0) is 47.6 Å². The lowest BCUT2D eigenvalue weighted by atomic mass is 9.89. The molecule has 43 heavy (non-hydrogen) atoms.